The molecule has 2 heterocycles. The summed E-state index contributed by atoms with van der Waals surface area (Å²) >= 11 is 6.14. The Bertz CT molecular complexity index is 1240. The molecule has 0 saturated carbocycles. The lowest BCUT2D eigenvalue weighted by Crippen LogP contribution is -2.41. The zero-order chi connectivity index (χ0) is 23.9. The number of benzene rings is 1. The SMILES string of the molecule is CC(C)(C)c1ccc(CN(C(=O)c2nc(S(C)(=O)=O)ncc2Cl)[C@H]2CCS(=O)(=O)C2)cc1. The van der Waals surface area contributed by atoms with Crippen LogP contribution in [0.3, 0.4) is 0 Å². The predicted molar refractivity (Wildman–Crippen MR) is 122 cm³/mol. The van der Waals surface area contributed by atoms with Gasteiger partial charge in [0.2, 0.25) is 15.0 Å². The molecule has 11 heteroatoms. The fraction of sp³-hybridized carbons (Fsp3) is 0.476. The molecule has 8 nitrogen and oxygen atoms in total. The highest BCUT2D eigenvalue weighted by Gasteiger charge is 2.36. The minimum atomic E-state index is -3.76. The molecule has 0 unspecified atom stereocenters. The Hall–Kier alpha value is -2.04. The smallest absolute Gasteiger partial charge is 0.274 e. The molecule has 0 aliphatic carbocycles. The van der Waals surface area contributed by atoms with Crippen LogP contribution < -0.4 is 0 Å². The number of hydrogen-bond donors (Lipinski definition) is 0. The molecule has 1 atom stereocenters. The number of sulfone groups is 2. The van der Waals surface area contributed by atoms with Crippen molar-refractivity contribution in [2.24, 2.45) is 0 Å². The van der Waals surface area contributed by atoms with Crippen molar-refractivity contribution in [3.63, 3.8) is 0 Å². The van der Waals surface area contributed by atoms with Crippen LogP contribution in [0.5, 0.6) is 0 Å². The Morgan fingerprint density at radius 2 is 1.84 bits per heavy atom. The van der Waals surface area contributed by atoms with E-state index in [1.807, 2.05) is 24.3 Å². The Labute approximate surface area is 193 Å². The Kier molecular flexibility index (Phi) is 6.70. The van der Waals surface area contributed by atoms with Crippen LogP contribution in [-0.4, -0.2) is 61.4 Å². The molecule has 0 spiro atoms. The fourth-order valence-electron chi connectivity index (χ4n) is 3.51. The first-order valence-electron chi connectivity index (χ1n) is 10.0. The number of carbonyl (C=O) groups excluding carboxylic acids is 1. The molecule has 174 valence electrons. The summed E-state index contributed by atoms with van der Waals surface area (Å²) < 4.78 is 47.9. The topological polar surface area (TPSA) is 114 Å². The fourth-order valence-corrected chi connectivity index (χ4v) is 5.91. The van der Waals surface area contributed by atoms with Gasteiger partial charge in [-0.05, 0) is 23.0 Å². The molecule has 3 rings (SSSR count). The van der Waals surface area contributed by atoms with Crippen molar-refractivity contribution in [3.05, 3.63) is 52.3 Å². The van der Waals surface area contributed by atoms with Gasteiger partial charge in [-0.15, -0.1) is 0 Å². The van der Waals surface area contributed by atoms with Crippen LogP contribution in [0.15, 0.2) is 35.6 Å². The van der Waals surface area contributed by atoms with Crippen LogP contribution in [0.25, 0.3) is 0 Å². The summed E-state index contributed by atoms with van der Waals surface area (Å²) in [6.07, 6.45) is 2.29. The summed E-state index contributed by atoms with van der Waals surface area (Å²) in [4.78, 5) is 22.4. The molecule has 2 aromatic rings. The van der Waals surface area contributed by atoms with E-state index in [0.717, 1.165) is 23.6 Å². The van der Waals surface area contributed by atoms with Crippen LogP contribution >= 0.6 is 11.6 Å². The standard InChI is InChI=1S/C21H26ClN3O5S2/c1-21(2,3)15-7-5-14(6-8-15)12-25(16-9-10-32(29,30)13-16)19(26)18-17(22)11-23-20(24-18)31(4,27)28/h5-8,11,16H,9-10,12-13H2,1-4H3/t16-/m0/s1. The van der Waals surface area contributed by atoms with E-state index in [1.165, 1.54) is 4.90 Å². The molecule has 0 radical (unpaired) electrons. The van der Waals surface area contributed by atoms with Gasteiger partial charge in [0.05, 0.1) is 22.7 Å². The van der Waals surface area contributed by atoms with Crippen LogP contribution in [0, 0.1) is 0 Å². The van der Waals surface area contributed by atoms with Crippen molar-refractivity contribution >= 4 is 37.2 Å². The van der Waals surface area contributed by atoms with Gasteiger partial charge in [-0.2, -0.15) is 0 Å². The van der Waals surface area contributed by atoms with Crippen molar-refractivity contribution in [2.75, 3.05) is 17.8 Å². The van der Waals surface area contributed by atoms with Crippen molar-refractivity contribution in [1.29, 1.82) is 0 Å². The lowest BCUT2D eigenvalue weighted by Gasteiger charge is -2.29. The molecule has 1 fully saturated rings. The van der Waals surface area contributed by atoms with E-state index in [0.29, 0.717) is 0 Å². The van der Waals surface area contributed by atoms with Gasteiger partial charge in [-0.3, -0.25) is 4.79 Å². The van der Waals surface area contributed by atoms with Gasteiger partial charge in [-0.25, -0.2) is 26.8 Å². The first-order valence-corrected chi connectivity index (χ1v) is 14.1. The summed E-state index contributed by atoms with van der Waals surface area (Å²) in [5.41, 5.74) is 1.63. The molecule has 1 aromatic carbocycles. The Morgan fingerprint density at radius 1 is 1.22 bits per heavy atom. The van der Waals surface area contributed by atoms with E-state index in [2.05, 4.69) is 30.7 Å². The Balaban J connectivity index is 1.99. The summed E-state index contributed by atoms with van der Waals surface area (Å²) in [6.45, 7) is 6.42. The summed E-state index contributed by atoms with van der Waals surface area (Å²) in [6, 6.07) is 7.18. The van der Waals surface area contributed by atoms with Crippen LogP contribution in [0.1, 0.15) is 48.8 Å². The molecular formula is C21H26ClN3O5S2. The van der Waals surface area contributed by atoms with E-state index in [9.17, 15) is 21.6 Å². The molecule has 0 bridgehead atoms. The third-order valence-electron chi connectivity index (χ3n) is 5.34. The summed E-state index contributed by atoms with van der Waals surface area (Å²) in [7, 11) is -7.04. The number of nitrogens with zero attached hydrogens (tertiary/aromatic N) is 3. The number of rotatable bonds is 5. The molecule has 1 aliphatic heterocycles. The average Bonchev–Trinajstić information content (AvgIpc) is 3.04. The van der Waals surface area contributed by atoms with Crippen molar-refractivity contribution in [1.82, 2.24) is 14.9 Å². The van der Waals surface area contributed by atoms with E-state index >= 15 is 0 Å². The van der Waals surface area contributed by atoms with Gasteiger partial charge in [0.25, 0.3) is 5.91 Å². The van der Waals surface area contributed by atoms with Gasteiger partial charge in [0, 0.05) is 18.8 Å². The average molecular weight is 500 g/mol. The maximum Gasteiger partial charge on any atom is 0.274 e. The van der Waals surface area contributed by atoms with E-state index in [-0.39, 0.29) is 40.6 Å². The zero-order valence-corrected chi connectivity index (χ0v) is 20.8. The molecule has 1 saturated heterocycles. The number of halogens is 1. The van der Waals surface area contributed by atoms with Crippen LogP contribution in [0.2, 0.25) is 5.02 Å². The predicted octanol–water partition coefficient (Wildman–Crippen LogP) is 2.66. The third kappa shape index (κ3) is 5.65. The van der Waals surface area contributed by atoms with Crippen molar-refractivity contribution < 1.29 is 21.6 Å². The number of amides is 1. The first-order chi connectivity index (χ1) is 14.7. The molecule has 1 amide bonds. The highest BCUT2D eigenvalue weighted by Crippen LogP contribution is 2.26. The molecule has 0 N–H and O–H groups in total. The second kappa shape index (κ2) is 8.72. The molecule has 32 heavy (non-hydrogen) atoms. The molecular weight excluding hydrogens is 474 g/mol. The molecule has 1 aromatic heterocycles. The van der Waals surface area contributed by atoms with Gasteiger partial charge in [0.15, 0.2) is 15.5 Å². The van der Waals surface area contributed by atoms with Crippen LogP contribution in [0.4, 0.5) is 0 Å². The quantitative estimate of drug-likeness (QED) is 0.581. The van der Waals surface area contributed by atoms with E-state index in [4.69, 9.17) is 11.6 Å². The minimum Gasteiger partial charge on any atom is -0.329 e. The lowest BCUT2D eigenvalue weighted by molar-refractivity contribution is 0.0674. The second-order valence-corrected chi connectivity index (χ2v) is 13.6. The van der Waals surface area contributed by atoms with Crippen molar-refractivity contribution in [3.8, 4) is 0 Å². The minimum absolute atomic E-state index is 0.0174. The first kappa shape index (κ1) is 24.6. The third-order valence-corrected chi connectivity index (χ3v) is 8.23. The highest BCUT2D eigenvalue weighted by molar-refractivity contribution is 7.91. The monoisotopic (exact) mass is 499 g/mol. The Morgan fingerprint density at radius 3 is 2.34 bits per heavy atom. The largest absolute Gasteiger partial charge is 0.329 e. The normalized spacial score (nSPS) is 18.5. The van der Waals surface area contributed by atoms with E-state index < -0.39 is 36.8 Å². The lowest BCUT2D eigenvalue weighted by atomic mass is 9.86. The second-order valence-electron chi connectivity index (χ2n) is 9.06. The number of aromatic nitrogens is 2. The molecule has 1 aliphatic rings. The highest BCUT2D eigenvalue weighted by atomic mass is 35.5. The number of carbonyl (C=O) groups is 1. The van der Waals surface area contributed by atoms with Crippen molar-refractivity contribution in [2.45, 2.75) is 50.4 Å². The van der Waals surface area contributed by atoms with Gasteiger partial charge in [0.1, 0.15) is 0 Å². The summed E-state index contributed by atoms with van der Waals surface area (Å²) in [5.74, 6) is -0.818. The van der Waals surface area contributed by atoms with E-state index in [1.54, 1.807) is 0 Å². The zero-order valence-electron chi connectivity index (χ0n) is 18.4. The summed E-state index contributed by atoms with van der Waals surface area (Å²) in [5, 5.41) is -0.616. The van der Waals surface area contributed by atoms with Crippen LogP contribution in [-0.2, 0) is 31.6 Å². The number of hydrogen-bond acceptors (Lipinski definition) is 7. The maximum absolute atomic E-state index is 13.4. The maximum atomic E-state index is 13.4. The van der Waals surface area contributed by atoms with Gasteiger partial charge in [-0.1, -0.05) is 56.6 Å². The van der Waals surface area contributed by atoms with Gasteiger partial charge >= 0.3 is 0 Å². The van der Waals surface area contributed by atoms with Gasteiger partial charge < -0.3 is 4.90 Å².